The van der Waals surface area contributed by atoms with E-state index in [0.29, 0.717) is 12.1 Å². The number of fused-ring (bicyclic) bond motifs is 1. The van der Waals surface area contributed by atoms with Crippen LogP contribution in [0.3, 0.4) is 0 Å². The molecule has 2 unspecified atom stereocenters. The van der Waals surface area contributed by atoms with Crippen molar-refractivity contribution in [2.75, 3.05) is 6.54 Å². The van der Waals surface area contributed by atoms with Crippen LogP contribution >= 0.6 is 12.4 Å². The first-order valence-corrected chi connectivity index (χ1v) is 6.34. The molecule has 0 bridgehead atoms. The number of ether oxygens (including phenoxy) is 1. The van der Waals surface area contributed by atoms with Gasteiger partial charge in [0, 0.05) is 6.54 Å². The average Bonchev–Trinajstić information content (AvgIpc) is 2.69. The molecule has 2 saturated heterocycles. The molecule has 0 aliphatic carbocycles. The molecule has 1 N–H and O–H groups in total. The van der Waals surface area contributed by atoms with Gasteiger partial charge in [-0.3, -0.25) is 5.41 Å². The second kappa shape index (κ2) is 5.19. The number of piperidine rings is 1. The Labute approximate surface area is 114 Å². The molecular weight excluding hydrogens is 248 g/mol. The molecule has 3 rings (SSSR count). The quantitative estimate of drug-likeness (QED) is 0.847. The van der Waals surface area contributed by atoms with Crippen LogP contribution in [0, 0.1) is 12.3 Å². The number of nitrogens with one attached hydrogen (secondary N) is 1. The van der Waals surface area contributed by atoms with Gasteiger partial charge in [-0.1, -0.05) is 29.8 Å². The molecule has 18 heavy (non-hydrogen) atoms. The first-order chi connectivity index (χ1) is 8.25. The zero-order valence-corrected chi connectivity index (χ0v) is 11.4. The minimum Gasteiger partial charge on any atom is -0.455 e. The van der Waals surface area contributed by atoms with E-state index < -0.39 is 0 Å². The number of rotatable bonds is 1. The van der Waals surface area contributed by atoms with Crippen molar-refractivity contribution in [1.29, 1.82) is 5.41 Å². The number of halogens is 1. The summed E-state index contributed by atoms with van der Waals surface area (Å²) in [5.74, 6) is 0. The van der Waals surface area contributed by atoms with Gasteiger partial charge >= 0.3 is 0 Å². The van der Waals surface area contributed by atoms with E-state index in [0.717, 1.165) is 13.0 Å². The molecule has 2 fully saturated rings. The summed E-state index contributed by atoms with van der Waals surface area (Å²) in [5, 5.41) is 7.90. The van der Waals surface area contributed by atoms with Gasteiger partial charge in [-0.2, -0.15) is 0 Å². The maximum atomic E-state index is 7.90. The van der Waals surface area contributed by atoms with Crippen LogP contribution in [-0.4, -0.2) is 23.5 Å². The topological polar surface area (TPSA) is 36.3 Å². The second-order valence-corrected chi connectivity index (χ2v) is 5.01. The van der Waals surface area contributed by atoms with Crippen molar-refractivity contribution in [1.82, 2.24) is 4.90 Å². The summed E-state index contributed by atoms with van der Waals surface area (Å²) in [6.07, 6.45) is 3.63. The van der Waals surface area contributed by atoms with E-state index in [4.69, 9.17) is 10.1 Å². The summed E-state index contributed by atoms with van der Waals surface area (Å²) < 4.78 is 5.74. The van der Waals surface area contributed by atoms with Gasteiger partial charge in [-0.15, -0.1) is 12.4 Å². The van der Waals surface area contributed by atoms with Crippen molar-refractivity contribution in [3.05, 3.63) is 35.4 Å². The minimum atomic E-state index is 0. The lowest BCUT2D eigenvalue weighted by molar-refractivity contribution is 0.167. The predicted octanol–water partition coefficient (Wildman–Crippen LogP) is 3.28. The van der Waals surface area contributed by atoms with Crippen molar-refractivity contribution in [2.24, 2.45) is 0 Å². The van der Waals surface area contributed by atoms with E-state index in [9.17, 15) is 0 Å². The molecule has 2 aliphatic rings. The number of hydrogen-bond acceptors (Lipinski definition) is 2. The first kappa shape index (κ1) is 13.2. The van der Waals surface area contributed by atoms with Crippen LogP contribution in [0.1, 0.15) is 36.5 Å². The van der Waals surface area contributed by atoms with Gasteiger partial charge in [0.25, 0.3) is 6.02 Å². The van der Waals surface area contributed by atoms with Crippen molar-refractivity contribution < 1.29 is 4.74 Å². The fourth-order valence-electron chi connectivity index (χ4n) is 2.84. The van der Waals surface area contributed by atoms with Gasteiger partial charge in [0.15, 0.2) is 0 Å². The van der Waals surface area contributed by atoms with E-state index in [1.807, 2.05) is 0 Å². The fourth-order valence-corrected chi connectivity index (χ4v) is 2.84. The zero-order valence-electron chi connectivity index (χ0n) is 10.6. The molecule has 0 saturated carbocycles. The average molecular weight is 267 g/mol. The standard InChI is InChI=1S/C14H18N2O.ClH/c1-10-5-7-11(8-6-10)13-12-4-2-3-9-16(12)14(15)17-13;/h5-8,12-13,15H,2-4,9H2,1H3;1H. The van der Waals surface area contributed by atoms with E-state index in [-0.39, 0.29) is 18.5 Å². The molecule has 0 radical (unpaired) electrons. The third-order valence-electron chi connectivity index (χ3n) is 3.80. The summed E-state index contributed by atoms with van der Waals surface area (Å²) in [6, 6.07) is 9.23. The summed E-state index contributed by atoms with van der Waals surface area (Å²) in [6.45, 7) is 3.07. The molecule has 0 aromatic heterocycles. The van der Waals surface area contributed by atoms with Crippen molar-refractivity contribution in [2.45, 2.75) is 38.3 Å². The lowest BCUT2D eigenvalue weighted by Crippen LogP contribution is -2.38. The molecule has 0 spiro atoms. The normalized spacial score (nSPS) is 26.3. The number of nitrogens with zero attached hydrogens (tertiary/aromatic N) is 1. The minimum absolute atomic E-state index is 0. The largest absolute Gasteiger partial charge is 0.455 e. The van der Waals surface area contributed by atoms with Gasteiger partial charge in [-0.05, 0) is 31.7 Å². The predicted molar refractivity (Wildman–Crippen MR) is 74.3 cm³/mol. The van der Waals surface area contributed by atoms with Crippen LogP contribution in [0.25, 0.3) is 0 Å². The molecule has 0 amide bonds. The van der Waals surface area contributed by atoms with Crippen LogP contribution in [0.15, 0.2) is 24.3 Å². The molecule has 2 heterocycles. The van der Waals surface area contributed by atoms with Crippen LogP contribution < -0.4 is 0 Å². The van der Waals surface area contributed by atoms with Gasteiger partial charge in [0.2, 0.25) is 0 Å². The fraction of sp³-hybridized carbons (Fsp3) is 0.500. The molecule has 4 heteroatoms. The molecule has 2 aliphatic heterocycles. The van der Waals surface area contributed by atoms with E-state index in [1.54, 1.807) is 0 Å². The van der Waals surface area contributed by atoms with Crippen molar-refractivity contribution >= 4 is 18.4 Å². The lowest BCUT2D eigenvalue weighted by atomic mass is 9.94. The molecular formula is C14H19ClN2O. The number of hydrogen-bond donors (Lipinski definition) is 1. The molecule has 98 valence electrons. The SMILES string of the molecule is Cc1ccc(C2OC(=N)N3CCCCC23)cc1.Cl. The molecule has 2 atom stereocenters. The Morgan fingerprint density at radius 2 is 1.94 bits per heavy atom. The highest BCUT2D eigenvalue weighted by molar-refractivity contribution is 5.85. The highest BCUT2D eigenvalue weighted by atomic mass is 35.5. The summed E-state index contributed by atoms with van der Waals surface area (Å²) in [5.41, 5.74) is 2.47. The number of benzene rings is 1. The summed E-state index contributed by atoms with van der Waals surface area (Å²) in [7, 11) is 0. The van der Waals surface area contributed by atoms with Crippen LogP contribution in [-0.2, 0) is 4.74 Å². The van der Waals surface area contributed by atoms with E-state index in [2.05, 4.69) is 36.1 Å². The third-order valence-corrected chi connectivity index (χ3v) is 3.80. The Morgan fingerprint density at radius 1 is 1.22 bits per heavy atom. The third kappa shape index (κ3) is 2.19. The summed E-state index contributed by atoms with van der Waals surface area (Å²) >= 11 is 0. The maximum absolute atomic E-state index is 7.90. The smallest absolute Gasteiger partial charge is 0.285 e. The molecule has 1 aromatic rings. The highest BCUT2D eigenvalue weighted by Gasteiger charge is 2.41. The molecule has 3 nitrogen and oxygen atoms in total. The lowest BCUT2D eigenvalue weighted by Gasteiger charge is -2.29. The Kier molecular flexibility index (Phi) is 3.81. The van der Waals surface area contributed by atoms with Gasteiger partial charge in [0.05, 0.1) is 6.04 Å². The van der Waals surface area contributed by atoms with Crippen LogP contribution in [0.2, 0.25) is 0 Å². The summed E-state index contributed by atoms with van der Waals surface area (Å²) in [4.78, 5) is 2.12. The zero-order chi connectivity index (χ0) is 11.8. The van der Waals surface area contributed by atoms with Gasteiger partial charge in [-0.25, -0.2) is 0 Å². The van der Waals surface area contributed by atoms with Crippen LogP contribution in [0.5, 0.6) is 0 Å². The Morgan fingerprint density at radius 3 is 2.67 bits per heavy atom. The van der Waals surface area contributed by atoms with Gasteiger partial charge in [0.1, 0.15) is 6.10 Å². The molecule has 1 aromatic carbocycles. The van der Waals surface area contributed by atoms with Crippen LogP contribution in [0.4, 0.5) is 0 Å². The van der Waals surface area contributed by atoms with E-state index >= 15 is 0 Å². The second-order valence-electron chi connectivity index (χ2n) is 5.01. The number of aryl methyl sites for hydroxylation is 1. The first-order valence-electron chi connectivity index (χ1n) is 6.34. The van der Waals surface area contributed by atoms with Gasteiger partial charge < -0.3 is 9.64 Å². The van der Waals surface area contributed by atoms with E-state index in [1.165, 1.54) is 24.0 Å². The number of amidine groups is 1. The van der Waals surface area contributed by atoms with Crippen molar-refractivity contribution in [3.8, 4) is 0 Å². The monoisotopic (exact) mass is 266 g/mol. The Balaban J connectivity index is 0.00000120. The Hall–Kier alpha value is -1.22. The highest BCUT2D eigenvalue weighted by Crippen LogP contribution is 2.37. The Bertz CT molecular complexity index is 432. The van der Waals surface area contributed by atoms with Crippen molar-refractivity contribution in [3.63, 3.8) is 0 Å². The maximum Gasteiger partial charge on any atom is 0.285 e.